The Bertz CT molecular complexity index is 590. The summed E-state index contributed by atoms with van der Waals surface area (Å²) in [5.41, 5.74) is 0.699. The molecular weight excluding hydrogens is 282 g/mol. The van der Waals surface area contributed by atoms with Crippen molar-refractivity contribution in [1.82, 2.24) is 0 Å². The molecule has 0 aromatic heterocycles. The van der Waals surface area contributed by atoms with Gasteiger partial charge in [-0.1, -0.05) is 0 Å². The molecule has 0 radical (unpaired) electrons. The van der Waals surface area contributed by atoms with Crippen molar-refractivity contribution in [3.05, 3.63) is 18.2 Å². The number of amides is 1. The third-order valence-corrected chi connectivity index (χ3v) is 4.12. The van der Waals surface area contributed by atoms with E-state index in [1.165, 1.54) is 6.92 Å². The number of nitrogens with one attached hydrogen (secondary N) is 1. The molecule has 0 saturated heterocycles. The standard InChI is InChI=1S/C17H21NO4/c1-12(19)5-4-6-16(20)18-13-7-8-14-15(11-13)22-17(21-14)9-2-3-10-17/h7-8,11H,2-6,9-10H2,1H3,(H,18,20). The summed E-state index contributed by atoms with van der Waals surface area (Å²) in [6, 6.07) is 5.47. The lowest BCUT2D eigenvalue weighted by Crippen LogP contribution is -2.34. The van der Waals surface area contributed by atoms with Gasteiger partial charge in [0.15, 0.2) is 11.5 Å². The highest BCUT2D eigenvalue weighted by Gasteiger charge is 2.44. The Morgan fingerprint density at radius 1 is 1.14 bits per heavy atom. The lowest BCUT2D eigenvalue weighted by Gasteiger charge is -2.21. The molecule has 0 bridgehead atoms. The maximum absolute atomic E-state index is 11.8. The predicted molar refractivity (Wildman–Crippen MR) is 82.1 cm³/mol. The molecule has 1 amide bonds. The van der Waals surface area contributed by atoms with Crippen LogP contribution in [-0.2, 0) is 9.59 Å². The van der Waals surface area contributed by atoms with Gasteiger partial charge in [0.25, 0.3) is 5.79 Å². The third kappa shape index (κ3) is 3.24. The van der Waals surface area contributed by atoms with Crippen LogP contribution in [0, 0.1) is 0 Å². The van der Waals surface area contributed by atoms with Crippen LogP contribution in [0.2, 0.25) is 0 Å². The molecule has 118 valence electrons. The maximum Gasteiger partial charge on any atom is 0.251 e. The first-order chi connectivity index (χ1) is 10.6. The van der Waals surface area contributed by atoms with Crippen LogP contribution in [0.15, 0.2) is 18.2 Å². The zero-order valence-corrected chi connectivity index (χ0v) is 12.8. The van der Waals surface area contributed by atoms with E-state index in [4.69, 9.17) is 9.47 Å². The number of benzene rings is 1. The quantitative estimate of drug-likeness (QED) is 0.905. The minimum atomic E-state index is -0.480. The van der Waals surface area contributed by atoms with E-state index in [2.05, 4.69) is 5.32 Å². The highest BCUT2D eigenvalue weighted by molar-refractivity contribution is 5.91. The number of hydrogen-bond acceptors (Lipinski definition) is 4. The van der Waals surface area contributed by atoms with Crippen LogP contribution in [-0.4, -0.2) is 17.5 Å². The van der Waals surface area contributed by atoms with E-state index >= 15 is 0 Å². The van der Waals surface area contributed by atoms with Crippen molar-refractivity contribution in [1.29, 1.82) is 0 Å². The fourth-order valence-corrected chi connectivity index (χ4v) is 3.01. The third-order valence-electron chi connectivity index (χ3n) is 4.12. The first-order valence-corrected chi connectivity index (χ1v) is 7.88. The summed E-state index contributed by atoms with van der Waals surface area (Å²) < 4.78 is 11.9. The second-order valence-corrected chi connectivity index (χ2v) is 6.09. The predicted octanol–water partition coefficient (Wildman–Crippen LogP) is 3.43. The van der Waals surface area contributed by atoms with Crippen molar-refractivity contribution in [2.75, 3.05) is 5.32 Å². The number of hydrogen-bond donors (Lipinski definition) is 1. The lowest BCUT2D eigenvalue weighted by atomic mass is 10.2. The molecule has 1 heterocycles. The van der Waals surface area contributed by atoms with Gasteiger partial charge < -0.3 is 19.6 Å². The van der Waals surface area contributed by atoms with E-state index in [0.29, 0.717) is 30.7 Å². The number of fused-ring (bicyclic) bond motifs is 1. The summed E-state index contributed by atoms with van der Waals surface area (Å²) in [6.45, 7) is 1.54. The van der Waals surface area contributed by atoms with Crippen molar-refractivity contribution >= 4 is 17.4 Å². The molecular formula is C17H21NO4. The van der Waals surface area contributed by atoms with Gasteiger partial charge in [0.1, 0.15) is 5.78 Å². The fraction of sp³-hybridized carbons (Fsp3) is 0.529. The van der Waals surface area contributed by atoms with Gasteiger partial charge in [0.2, 0.25) is 5.91 Å². The van der Waals surface area contributed by atoms with Gasteiger partial charge in [-0.2, -0.15) is 0 Å². The van der Waals surface area contributed by atoms with Gasteiger partial charge in [-0.25, -0.2) is 0 Å². The van der Waals surface area contributed by atoms with Gasteiger partial charge in [0.05, 0.1) is 0 Å². The second-order valence-electron chi connectivity index (χ2n) is 6.09. The fourth-order valence-electron chi connectivity index (χ4n) is 3.01. The van der Waals surface area contributed by atoms with Crippen molar-refractivity contribution < 1.29 is 19.1 Å². The summed E-state index contributed by atoms with van der Waals surface area (Å²) in [4.78, 5) is 22.7. The molecule has 1 N–H and O–H groups in total. The number of ketones is 1. The Balaban J connectivity index is 1.58. The topological polar surface area (TPSA) is 64.6 Å². The van der Waals surface area contributed by atoms with E-state index in [-0.39, 0.29) is 11.7 Å². The highest BCUT2D eigenvalue weighted by atomic mass is 16.7. The molecule has 1 saturated carbocycles. The van der Waals surface area contributed by atoms with Crippen LogP contribution in [0.3, 0.4) is 0 Å². The summed E-state index contributed by atoms with van der Waals surface area (Å²) in [5.74, 6) is 0.986. The molecule has 5 heteroatoms. The average molecular weight is 303 g/mol. The zero-order chi connectivity index (χ0) is 15.6. The molecule has 1 aliphatic carbocycles. The van der Waals surface area contributed by atoms with E-state index < -0.39 is 5.79 Å². The number of ether oxygens (including phenoxy) is 2. The average Bonchev–Trinajstić information content (AvgIpc) is 3.04. The molecule has 2 aliphatic rings. The van der Waals surface area contributed by atoms with Gasteiger partial charge in [0, 0.05) is 37.4 Å². The largest absolute Gasteiger partial charge is 0.448 e. The van der Waals surface area contributed by atoms with E-state index in [9.17, 15) is 9.59 Å². The first-order valence-electron chi connectivity index (χ1n) is 7.88. The Morgan fingerprint density at radius 2 is 1.86 bits per heavy atom. The molecule has 0 unspecified atom stereocenters. The molecule has 3 rings (SSSR count). The van der Waals surface area contributed by atoms with Gasteiger partial charge in [-0.15, -0.1) is 0 Å². The van der Waals surface area contributed by atoms with Crippen molar-refractivity contribution in [2.45, 2.75) is 57.7 Å². The summed E-state index contributed by atoms with van der Waals surface area (Å²) in [6.07, 6.45) is 5.42. The molecule has 1 fully saturated rings. The normalized spacial score (nSPS) is 17.7. The number of carbonyl (C=O) groups excluding carboxylic acids is 2. The molecule has 22 heavy (non-hydrogen) atoms. The summed E-state index contributed by atoms with van der Waals surface area (Å²) >= 11 is 0. The Morgan fingerprint density at radius 3 is 2.59 bits per heavy atom. The molecule has 1 spiro atoms. The van der Waals surface area contributed by atoms with Crippen LogP contribution in [0.4, 0.5) is 5.69 Å². The van der Waals surface area contributed by atoms with Crippen LogP contribution in [0.1, 0.15) is 51.9 Å². The molecule has 5 nitrogen and oxygen atoms in total. The minimum Gasteiger partial charge on any atom is -0.448 e. The van der Waals surface area contributed by atoms with Crippen LogP contribution in [0.5, 0.6) is 11.5 Å². The van der Waals surface area contributed by atoms with E-state index in [0.717, 1.165) is 31.4 Å². The summed E-state index contributed by atoms with van der Waals surface area (Å²) in [5, 5.41) is 2.84. The molecule has 1 aromatic rings. The van der Waals surface area contributed by atoms with Crippen molar-refractivity contribution in [3.63, 3.8) is 0 Å². The first kappa shape index (κ1) is 14.9. The zero-order valence-electron chi connectivity index (χ0n) is 12.8. The monoisotopic (exact) mass is 303 g/mol. The minimum absolute atomic E-state index is 0.0873. The van der Waals surface area contributed by atoms with Crippen LogP contribution >= 0.6 is 0 Å². The maximum atomic E-state index is 11.8. The van der Waals surface area contributed by atoms with E-state index in [1.54, 1.807) is 0 Å². The van der Waals surface area contributed by atoms with Gasteiger partial charge in [-0.3, -0.25) is 4.79 Å². The van der Waals surface area contributed by atoms with Crippen LogP contribution in [0.25, 0.3) is 0 Å². The molecule has 1 aromatic carbocycles. The number of rotatable bonds is 5. The van der Waals surface area contributed by atoms with E-state index in [1.807, 2.05) is 18.2 Å². The molecule has 1 aliphatic heterocycles. The molecule has 0 atom stereocenters. The van der Waals surface area contributed by atoms with Crippen molar-refractivity contribution in [2.24, 2.45) is 0 Å². The Labute approximate surface area is 130 Å². The van der Waals surface area contributed by atoms with Gasteiger partial charge >= 0.3 is 0 Å². The second kappa shape index (κ2) is 5.99. The van der Waals surface area contributed by atoms with Crippen LogP contribution < -0.4 is 14.8 Å². The lowest BCUT2D eigenvalue weighted by molar-refractivity contribution is -0.117. The Kier molecular flexibility index (Phi) is 4.05. The Hall–Kier alpha value is -2.04. The highest BCUT2D eigenvalue weighted by Crippen LogP contribution is 2.47. The number of carbonyl (C=O) groups is 2. The number of Topliss-reactive ketones (excluding diaryl/α,β-unsaturated/α-hetero) is 1. The SMILES string of the molecule is CC(=O)CCCC(=O)Nc1ccc2c(c1)OC1(CCCC1)O2. The van der Waals surface area contributed by atoms with Crippen molar-refractivity contribution in [3.8, 4) is 11.5 Å². The number of anilines is 1. The summed E-state index contributed by atoms with van der Waals surface area (Å²) in [7, 11) is 0. The van der Waals surface area contributed by atoms with Gasteiger partial charge in [-0.05, 0) is 38.3 Å². The smallest absolute Gasteiger partial charge is 0.251 e.